The summed E-state index contributed by atoms with van der Waals surface area (Å²) in [6.07, 6.45) is 5.73. The molecule has 0 bridgehead atoms. The Hall–Kier alpha value is -2.21. The van der Waals surface area contributed by atoms with E-state index < -0.39 is 0 Å². The van der Waals surface area contributed by atoms with Gasteiger partial charge in [-0.3, -0.25) is 9.78 Å². The molecule has 0 aliphatic heterocycles. The van der Waals surface area contributed by atoms with E-state index in [0.717, 1.165) is 35.0 Å². The molecule has 1 unspecified atom stereocenters. The molecule has 3 N–H and O–H groups in total. The van der Waals surface area contributed by atoms with Gasteiger partial charge in [0.1, 0.15) is 0 Å². The molecule has 1 aliphatic rings. The van der Waals surface area contributed by atoms with Crippen LogP contribution in [0.1, 0.15) is 23.2 Å². The third-order valence-electron chi connectivity index (χ3n) is 4.70. The van der Waals surface area contributed by atoms with Crippen molar-refractivity contribution in [2.75, 3.05) is 6.54 Å². The number of carbonyl (C=O) groups excluding carboxylic acids is 1. The van der Waals surface area contributed by atoms with Crippen LogP contribution < -0.4 is 11.1 Å². The largest absolute Gasteiger partial charge is 0.348 e. The number of para-hydroxylation sites is 1. The van der Waals surface area contributed by atoms with Crippen LogP contribution in [-0.2, 0) is 0 Å². The SMILES string of the molecule is Cl.Cl.NCC(NC(=O)c1cc(-c2ccncc2)nc2ccccc12)C1CC1. The summed E-state index contributed by atoms with van der Waals surface area (Å²) in [6, 6.07) is 13.4. The molecule has 4 rings (SSSR count). The molecule has 1 aliphatic carbocycles. The van der Waals surface area contributed by atoms with Crippen LogP contribution in [0.3, 0.4) is 0 Å². The highest BCUT2D eigenvalue weighted by Crippen LogP contribution is 2.32. The Labute approximate surface area is 170 Å². The minimum absolute atomic E-state index is 0. The standard InChI is InChI=1S/C20H20N4O.2ClH/c21-12-19(13-5-6-13)24-20(25)16-11-18(14-7-9-22-10-8-14)23-17-4-2-1-3-15(16)17;;/h1-4,7-11,13,19H,5-6,12,21H2,(H,24,25);2*1H. The quantitative estimate of drug-likeness (QED) is 0.680. The smallest absolute Gasteiger partial charge is 0.252 e. The van der Waals surface area contributed by atoms with Crippen molar-refractivity contribution in [3.63, 3.8) is 0 Å². The Kier molecular flexibility index (Phi) is 7.13. The number of pyridine rings is 2. The summed E-state index contributed by atoms with van der Waals surface area (Å²) in [4.78, 5) is 21.7. The van der Waals surface area contributed by atoms with Crippen molar-refractivity contribution in [3.05, 3.63) is 60.4 Å². The number of benzene rings is 1. The van der Waals surface area contributed by atoms with Crippen LogP contribution in [-0.4, -0.2) is 28.5 Å². The van der Waals surface area contributed by atoms with Crippen LogP contribution in [0.15, 0.2) is 54.9 Å². The Morgan fingerprint density at radius 2 is 1.85 bits per heavy atom. The number of hydrogen-bond acceptors (Lipinski definition) is 4. The molecule has 2 heterocycles. The van der Waals surface area contributed by atoms with E-state index in [1.165, 1.54) is 0 Å². The average molecular weight is 405 g/mol. The van der Waals surface area contributed by atoms with Gasteiger partial charge in [0, 0.05) is 35.9 Å². The molecule has 1 atom stereocenters. The fraction of sp³-hybridized carbons (Fsp3) is 0.250. The van der Waals surface area contributed by atoms with Crippen LogP contribution in [0.4, 0.5) is 0 Å². The van der Waals surface area contributed by atoms with Crippen molar-refractivity contribution in [1.29, 1.82) is 0 Å². The number of amides is 1. The Bertz CT molecular complexity index is 916. The first-order valence-corrected chi connectivity index (χ1v) is 8.57. The molecule has 0 saturated heterocycles. The first-order chi connectivity index (χ1) is 12.3. The van der Waals surface area contributed by atoms with E-state index in [1.54, 1.807) is 12.4 Å². The zero-order valence-electron chi connectivity index (χ0n) is 14.7. The monoisotopic (exact) mass is 404 g/mol. The Morgan fingerprint density at radius 1 is 1.15 bits per heavy atom. The van der Waals surface area contributed by atoms with Crippen molar-refractivity contribution >= 4 is 41.6 Å². The van der Waals surface area contributed by atoms with E-state index in [9.17, 15) is 4.79 Å². The van der Waals surface area contributed by atoms with Gasteiger partial charge in [-0.1, -0.05) is 18.2 Å². The molecule has 1 aromatic carbocycles. The summed E-state index contributed by atoms with van der Waals surface area (Å²) in [6.45, 7) is 0.469. The molecule has 142 valence electrons. The molecule has 7 heteroatoms. The van der Waals surface area contributed by atoms with E-state index in [2.05, 4.69) is 10.3 Å². The molecule has 27 heavy (non-hydrogen) atoms. The number of halogens is 2. The third-order valence-corrected chi connectivity index (χ3v) is 4.70. The lowest BCUT2D eigenvalue weighted by Gasteiger charge is -2.17. The van der Waals surface area contributed by atoms with E-state index in [-0.39, 0.29) is 36.8 Å². The molecule has 1 saturated carbocycles. The fourth-order valence-corrected chi connectivity index (χ4v) is 3.15. The third kappa shape index (κ3) is 4.56. The summed E-state index contributed by atoms with van der Waals surface area (Å²) in [5, 5.41) is 3.96. The molecule has 0 radical (unpaired) electrons. The highest BCUT2D eigenvalue weighted by molar-refractivity contribution is 6.07. The number of hydrogen-bond donors (Lipinski definition) is 2. The van der Waals surface area contributed by atoms with Gasteiger partial charge < -0.3 is 11.1 Å². The van der Waals surface area contributed by atoms with E-state index in [4.69, 9.17) is 10.7 Å². The van der Waals surface area contributed by atoms with E-state index in [1.807, 2.05) is 42.5 Å². The van der Waals surface area contributed by atoms with Gasteiger partial charge >= 0.3 is 0 Å². The van der Waals surface area contributed by atoms with Crippen molar-refractivity contribution in [2.24, 2.45) is 11.7 Å². The van der Waals surface area contributed by atoms with Gasteiger partial charge in [0.2, 0.25) is 0 Å². The maximum Gasteiger partial charge on any atom is 0.252 e. The number of carbonyl (C=O) groups is 1. The van der Waals surface area contributed by atoms with Crippen molar-refractivity contribution in [2.45, 2.75) is 18.9 Å². The summed E-state index contributed by atoms with van der Waals surface area (Å²) in [5.41, 5.74) is 8.98. The van der Waals surface area contributed by atoms with E-state index >= 15 is 0 Å². The van der Waals surface area contributed by atoms with Crippen molar-refractivity contribution < 1.29 is 4.79 Å². The fourth-order valence-electron chi connectivity index (χ4n) is 3.15. The second-order valence-electron chi connectivity index (χ2n) is 6.46. The zero-order valence-corrected chi connectivity index (χ0v) is 16.3. The highest BCUT2D eigenvalue weighted by atomic mass is 35.5. The molecular weight excluding hydrogens is 383 g/mol. The Balaban J connectivity index is 0.00000131. The normalized spacial score (nSPS) is 14.0. The molecule has 1 fully saturated rings. The summed E-state index contributed by atoms with van der Waals surface area (Å²) < 4.78 is 0. The maximum absolute atomic E-state index is 12.9. The van der Waals surface area contributed by atoms with Crippen LogP contribution >= 0.6 is 24.8 Å². The number of nitrogens with two attached hydrogens (primary N) is 1. The van der Waals surface area contributed by atoms with Gasteiger partial charge in [-0.05, 0) is 43.0 Å². The minimum atomic E-state index is -0.0868. The number of nitrogens with one attached hydrogen (secondary N) is 1. The van der Waals surface area contributed by atoms with Crippen LogP contribution in [0.2, 0.25) is 0 Å². The van der Waals surface area contributed by atoms with Crippen LogP contribution in [0, 0.1) is 5.92 Å². The second kappa shape index (κ2) is 9.13. The first kappa shape index (κ1) is 21.1. The van der Waals surface area contributed by atoms with Crippen LogP contribution in [0.5, 0.6) is 0 Å². The summed E-state index contributed by atoms with van der Waals surface area (Å²) in [7, 11) is 0. The van der Waals surface area contributed by atoms with Gasteiger partial charge in [0.25, 0.3) is 5.91 Å². The predicted octanol–water partition coefficient (Wildman–Crippen LogP) is 3.61. The van der Waals surface area contributed by atoms with Crippen LogP contribution in [0.25, 0.3) is 22.2 Å². The molecule has 5 nitrogen and oxygen atoms in total. The van der Waals surface area contributed by atoms with Gasteiger partial charge in [-0.15, -0.1) is 24.8 Å². The topological polar surface area (TPSA) is 80.9 Å². The highest BCUT2D eigenvalue weighted by Gasteiger charge is 2.31. The molecule has 1 amide bonds. The summed E-state index contributed by atoms with van der Waals surface area (Å²) >= 11 is 0. The number of aromatic nitrogens is 2. The lowest BCUT2D eigenvalue weighted by molar-refractivity contribution is 0.0935. The lowest BCUT2D eigenvalue weighted by atomic mass is 10.0. The number of rotatable bonds is 5. The predicted molar refractivity (Wildman–Crippen MR) is 113 cm³/mol. The average Bonchev–Trinajstić information content (AvgIpc) is 3.51. The zero-order chi connectivity index (χ0) is 17.2. The Morgan fingerprint density at radius 3 is 2.52 bits per heavy atom. The molecular formula is C20H22Cl2N4O. The molecule has 0 spiro atoms. The molecule has 2 aromatic heterocycles. The summed E-state index contributed by atoms with van der Waals surface area (Å²) in [5.74, 6) is 0.429. The van der Waals surface area contributed by atoms with Gasteiger partial charge in [0.15, 0.2) is 0 Å². The van der Waals surface area contributed by atoms with Crippen molar-refractivity contribution in [3.8, 4) is 11.3 Å². The van der Waals surface area contributed by atoms with Gasteiger partial charge in [-0.25, -0.2) is 4.98 Å². The number of nitrogens with zero attached hydrogens (tertiary/aromatic N) is 2. The lowest BCUT2D eigenvalue weighted by Crippen LogP contribution is -2.41. The van der Waals surface area contributed by atoms with E-state index in [0.29, 0.717) is 18.0 Å². The van der Waals surface area contributed by atoms with Crippen molar-refractivity contribution in [1.82, 2.24) is 15.3 Å². The van der Waals surface area contributed by atoms with Gasteiger partial charge in [-0.2, -0.15) is 0 Å². The minimum Gasteiger partial charge on any atom is -0.348 e. The number of fused-ring (bicyclic) bond motifs is 1. The first-order valence-electron chi connectivity index (χ1n) is 8.57. The van der Waals surface area contributed by atoms with Gasteiger partial charge in [0.05, 0.1) is 16.8 Å². The molecule has 3 aromatic rings. The second-order valence-corrected chi connectivity index (χ2v) is 6.46. The maximum atomic E-state index is 12.9.